The summed E-state index contributed by atoms with van der Waals surface area (Å²) in [5.41, 5.74) is 1.09. The number of nitrogens with zero attached hydrogens (tertiary/aromatic N) is 1. The molecule has 1 aromatic carbocycles. The third kappa shape index (κ3) is 2.71. The maximum atomic E-state index is 4.54. The van der Waals surface area contributed by atoms with Gasteiger partial charge in [-0.15, -0.1) is 11.3 Å². The number of aromatic nitrogens is 1. The van der Waals surface area contributed by atoms with Crippen molar-refractivity contribution in [3.63, 3.8) is 0 Å². The molecule has 4 heteroatoms. The Kier molecular flexibility index (Phi) is 3.61. The first kappa shape index (κ1) is 10.9. The van der Waals surface area contributed by atoms with Gasteiger partial charge in [0.05, 0.1) is 10.2 Å². The van der Waals surface area contributed by atoms with Crippen LogP contribution in [0, 0.1) is 0 Å². The van der Waals surface area contributed by atoms with Crippen LogP contribution in [-0.2, 0) is 0 Å². The Morgan fingerprint density at radius 3 is 3.00 bits per heavy atom. The van der Waals surface area contributed by atoms with Gasteiger partial charge in [-0.1, -0.05) is 19.1 Å². The summed E-state index contributed by atoms with van der Waals surface area (Å²) < 4.78 is 5.72. The predicted molar refractivity (Wildman–Crippen MR) is 68.4 cm³/mol. The molecule has 80 valence electrons. The highest BCUT2D eigenvalue weighted by Crippen LogP contribution is 2.27. The van der Waals surface area contributed by atoms with Crippen molar-refractivity contribution in [3.8, 4) is 0 Å². The average Bonchev–Trinajstić information content (AvgIpc) is 2.68. The van der Waals surface area contributed by atoms with Crippen molar-refractivity contribution in [1.29, 1.82) is 0 Å². The lowest BCUT2D eigenvalue weighted by Crippen LogP contribution is -2.16. The summed E-state index contributed by atoms with van der Waals surface area (Å²) in [5, 5.41) is 0. The highest BCUT2D eigenvalue weighted by atomic mass is 32.2. The van der Waals surface area contributed by atoms with Gasteiger partial charge in [0.2, 0.25) is 0 Å². The first-order valence-electron chi connectivity index (χ1n) is 5.07. The van der Waals surface area contributed by atoms with Gasteiger partial charge in [0, 0.05) is 6.04 Å². The van der Waals surface area contributed by atoms with Gasteiger partial charge in [-0.2, -0.15) is 0 Å². The monoisotopic (exact) mass is 238 g/mol. The number of thiazole rings is 1. The standard InChI is InChI=1S/C11H14N2S2/c1-3-8(2)13-15-11-12-9-6-4-5-7-10(9)14-11/h4-8,13H,3H2,1-2H3. The Morgan fingerprint density at radius 1 is 1.47 bits per heavy atom. The summed E-state index contributed by atoms with van der Waals surface area (Å²) in [7, 11) is 0. The highest BCUT2D eigenvalue weighted by Gasteiger charge is 2.04. The minimum atomic E-state index is 0.530. The van der Waals surface area contributed by atoms with Gasteiger partial charge in [-0.3, -0.25) is 4.72 Å². The fourth-order valence-corrected chi connectivity index (χ4v) is 3.02. The van der Waals surface area contributed by atoms with E-state index in [1.807, 2.05) is 6.07 Å². The highest BCUT2D eigenvalue weighted by molar-refractivity contribution is 7.99. The van der Waals surface area contributed by atoms with E-state index in [-0.39, 0.29) is 0 Å². The maximum Gasteiger partial charge on any atom is 0.166 e. The number of nitrogens with one attached hydrogen (secondary N) is 1. The van der Waals surface area contributed by atoms with Crippen LogP contribution in [-0.4, -0.2) is 11.0 Å². The van der Waals surface area contributed by atoms with Crippen LogP contribution in [0.3, 0.4) is 0 Å². The first-order chi connectivity index (χ1) is 7.29. The van der Waals surface area contributed by atoms with E-state index < -0.39 is 0 Å². The van der Waals surface area contributed by atoms with Crippen LogP contribution in [0.5, 0.6) is 0 Å². The van der Waals surface area contributed by atoms with Gasteiger partial charge in [0.1, 0.15) is 0 Å². The van der Waals surface area contributed by atoms with Crippen LogP contribution >= 0.6 is 23.3 Å². The number of hydrogen-bond acceptors (Lipinski definition) is 4. The lowest BCUT2D eigenvalue weighted by molar-refractivity contribution is 0.669. The largest absolute Gasteiger partial charge is 0.255 e. The quantitative estimate of drug-likeness (QED) is 0.822. The smallest absolute Gasteiger partial charge is 0.166 e. The normalized spacial score (nSPS) is 13.2. The molecule has 1 N–H and O–H groups in total. The molecule has 0 spiro atoms. The van der Waals surface area contributed by atoms with Crippen LogP contribution in [0.1, 0.15) is 20.3 Å². The lowest BCUT2D eigenvalue weighted by Gasteiger charge is -2.07. The molecule has 0 saturated carbocycles. The van der Waals surface area contributed by atoms with E-state index in [0.29, 0.717) is 6.04 Å². The maximum absolute atomic E-state index is 4.54. The summed E-state index contributed by atoms with van der Waals surface area (Å²) in [6.45, 7) is 4.36. The van der Waals surface area contributed by atoms with E-state index >= 15 is 0 Å². The van der Waals surface area contributed by atoms with E-state index in [1.165, 1.54) is 4.70 Å². The third-order valence-electron chi connectivity index (χ3n) is 2.23. The minimum absolute atomic E-state index is 0.530. The summed E-state index contributed by atoms with van der Waals surface area (Å²) in [5.74, 6) is 0. The van der Waals surface area contributed by atoms with E-state index in [4.69, 9.17) is 0 Å². The topological polar surface area (TPSA) is 24.9 Å². The second-order valence-electron chi connectivity index (χ2n) is 3.48. The molecule has 0 bridgehead atoms. The minimum Gasteiger partial charge on any atom is -0.255 e. The zero-order chi connectivity index (χ0) is 10.7. The average molecular weight is 238 g/mol. The van der Waals surface area contributed by atoms with E-state index in [2.05, 4.69) is 41.8 Å². The number of rotatable bonds is 4. The van der Waals surface area contributed by atoms with Crippen molar-refractivity contribution < 1.29 is 0 Å². The molecule has 2 rings (SSSR count). The van der Waals surface area contributed by atoms with Gasteiger partial charge in [-0.05, 0) is 37.4 Å². The van der Waals surface area contributed by atoms with Gasteiger partial charge in [-0.25, -0.2) is 4.98 Å². The molecule has 0 radical (unpaired) electrons. The Morgan fingerprint density at radius 2 is 2.27 bits per heavy atom. The molecule has 0 aliphatic heterocycles. The molecule has 1 aromatic heterocycles. The van der Waals surface area contributed by atoms with Crippen LogP contribution in [0.2, 0.25) is 0 Å². The van der Waals surface area contributed by atoms with Gasteiger partial charge in [0.15, 0.2) is 4.34 Å². The second kappa shape index (κ2) is 4.96. The summed E-state index contributed by atoms with van der Waals surface area (Å²) in [4.78, 5) is 4.54. The second-order valence-corrected chi connectivity index (χ2v) is 5.59. The van der Waals surface area contributed by atoms with Crippen LogP contribution in [0.15, 0.2) is 28.6 Å². The van der Waals surface area contributed by atoms with Crippen molar-refractivity contribution in [2.24, 2.45) is 0 Å². The van der Waals surface area contributed by atoms with Crippen molar-refractivity contribution in [3.05, 3.63) is 24.3 Å². The molecule has 1 heterocycles. The van der Waals surface area contributed by atoms with E-state index in [0.717, 1.165) is 16.3 Å². The van der Waals surface area contributed by atoms with Crippen molar-refractivity contribution in [1.82, 2.24) is 9.71 Å². The van der Waals surface area contributed by atoms with Crippen molar-refractivity contribution in [2.45, 2.75) is 30.6 Å². The Balaban J connectivity index is 2.09. The molecular formula is C11H14N2S2. The molecule has 15 heavy (non-hydrogen) atoms. The van der Waals surface area contributed by atoms with Crippen LogP contribution in [0.4, 0.5) is 0 Å². The summed E-state index contributed by atoms with van der Waals surface area (Å²) >= 11 is 3.38. The first-order valence-corrected chi connectivity index (χ1v) is 6.71. The summed E-state index contributed by atoms with van der Waals surface area (Å²) in [6, 6.07) is 8.77. The zero-order valence-electron chi connectivity index (χ0n) is 8.86. The molecule has 2 nitrogen and oxygen atoms in total. The molecule has 1 atom stereocenters. The molecule has 0 amide bonds. The van der Waals surface area contributed by atoms with Gasteiger partial charge < -0.3 is 0 Å². The molecule has 0 saturated heterocycles. The van der Waals surface area contributed by atoms with Gasteiger partial charge in [0.25, 0.3) is 0 Å². The molecule has 0 fully saturated rings. The Hall–Kier alpha value is -0.580. The molecule has 0 aliphatic rings. The van der Waals surface area contributed by atoms with Gasteiger partial charge >= 0.3 is 0 Å². The third-order valence-corrected chi connectivity index (χ3v) is 4.35. The fraction of sp³-hybridized carbons (Fsp3) is 0.364. The van der Waals surface area contributed by atoms with E-state index in [1.54, 1.807) is 23.3 Å². The summed E-state index contributed by atoms with van der Waals surface area (Å²) in [6.07, 6.45) is 1.14. The van der Waals surface area contributed by atoms with Crippen LogP contribution in [0.25, 0.3) is 10.2 Å². The Bertz CT molecular complexity index is 406. The van der Waals surface area contributed by atoms with Crippen molar-refractivity contribution in [2.75, 3.05) is 0 Å². The number of para-hydroxylation sites is 1. The molecule has 1 unspecified atom stereocenters. The zero-order valence-corrected chi connectivity index (χ0v) is 10.5. The Labute approximate surface area is 98.2 Å². The molecule has 2 aromatic rings. The van der Waals surface area contributed by atoms with Crippen molar-refractivity contribution >= 4 is 33.5 Å². The van der Waals surface area contributed by atoms with E-state index in [9.17, 15) is 0 Å². The predicted octanol–water partition coefficient (Wildman–Crippen LogP) is 3.69. The molecule has 0 aliphatic carbocycles. The fourth-order valence-electron chi connectivity index (χ4n) is 1.13. The number of benzene rings is 1. The number of hydrogen-bond donors (Lipinski definition) is 1. The lowest BCUT2D eigenvalue weighted by atomic mass is 10.3. The SMILES string of the molecule is CCC(C)NSc1nc2ccccc2s1. The van der Waals surface area contributed by atoms with Crippen LogP contribution < -0.4 is 4.72 Å². The number of fused-ring (bicyclic) bond motifs is 1. The molecular weight excluding hydrogens is 224 g/mol.